The minimum absolute atomic E-state index is 0.186. The highest BCUT2D eigenvalue weighted by Gasteiger charge is 2.33. The van der Waals surface area contributed by atoms with E-state index >= 15 is 0 Å². The second kappa shape index (κ2) is 7.57. The molecule has 0 fully saturated rings. The van der Waals surface area contributed by atoms with Gasteiger partial charge in [0, 0.05) is 24.3 Å². The van der Waals surface area contributed by atoms with Gasteiger partial charge >= 0.3 is 0 Å². The Kier molecular flexibility index (Phi) is 5.24. The first-order valence-corrected chi connectivity index (χ1v) is 8.46. The third kappa shape index (κ3) is 3.33. The summed E-state index contributed by atoms with van der Waals surface area (Å²) >= 11 is 0. The van der Waals surface area contributed by atoms with Crippen LogP contribution in [0.4, 0.5) is 0 Å². The van der Waals surface area contributed by atoms with E-state index in [0.717, 1.165) is 34.6 Å². The summed E-state index contributed by atoms with van der Waals surface area (Å²) in [5.41, 5.74) is 3.16. The number of nitrogens with zero attached hydrogens (tertiary/aromatic N) is 1. The van der Waals surface area contributed by atoms with E-state index in [2.05, 4.69) is 0 Å². The lowest BCUT2D eigenvalue weighted by atomic mass is 10.1. The van der Waals surface area contributed by atoms with Crippen molar-refractivity contribution in [3.05, 3.63) is 59.2 Å². The number of ether oxygens (including phenoxy) is 3. The zero-order valence-electron chi connectivity index (χ0n) is 14.9. The van der Waals surface area contributed by atoms with Crippen molar-refractivity contribution < 1.29 is 14.2 Å². The molecule has 0 saturated heterocycles. The van der Waals surface area contributed by atoms with Crippen LogP contribution in [0.1, 0.15) is 29.8 Å². The molecule has 1 atom stereocenters. The Hall–Kier alpha value is -2.53. The van der Waals surface area contributed by atoms with Gasteiger partial charge < -0.3 is 19.1 Å². The van der Waals surface area contributed by atoms with Crippen LogP contribution in [0.25, 0.3) is 0 Å². The van der Waals surface area contributed by atoms with E-state index in [0.29, 0.717) is 19.0 Å². The third-order valence-electron chi connectivity index (χ3n) is 4.47. The molecule has 0 spiro atoms. The monoisotopic (exact) mass is 340 g/mol. The zero-order chi connectivity index (χ0) is 17.8. The fourth-order valence-corrected chi connectivity index (χ4v) is 3.22. The van der Waals surface area contributed by atoms with Crippen molar-refractivity contribution in [2.45, 2.75) is 19.6 Å². The molecular weight excluding hydrogens is 316 g/mol. The lowest BCUT2D eigenvalue weighted by Gasteiger charge is -2.26. The summed E-state index contributed by atoms with van der Waals surface area (Å²) < 4.78 is 16.6. The third-order valence-corrected chi connectivity index (χ3v) is 4.47. The van der Waals surface area contributed by atoms with Crippen LogP contribution in [-0.4, -0.2) is 38.1 Å². The van der Waals surface area contributed by atoms with Crippen molar-refractivity contribution in [3.8, 4) is 11.5 Å². The van der Waals surface area contributed by atoms with E-state index < -0.39 is 0 Å². The molecule has 1 heterocycles. The molecule has 132 valence electrons. The van der Waals surface area contributed by atoms with Gasteiger partial charge in [0.15, 0.2) is 17.7 Å². The van der Waals surface area contributed by atoms with Crippen LogP contribution in [-0.2, 0) is 11.2 Å². The van der Waals surface area contributed by atoms with Gasteiger partial charge in [-0.05, 0) is 31.0 Å². The molecule has 0 bridgehead atoms. The van der Waals surface area contributed by atoms with Gasteiger partial charge in [-0.15, -0.1) is 0 Å². The van der Waals surface area contributed by atoms with E-state index in [1.54, 1.807) is 14.2 Å². The number of fused-ring (bicyclic) bond motifs is 1. The van der Waals surface area contributed by atoms with Gasteiger partial charge in [0.2, 0.25) is 0 Å². The van der Waals surface area contributed by atoms with Crippen molar-refractivity contribution in [2.75, 3.05) is 27.4 Å². The van der Waals surface area contributed by atoms with Crippen molar-refractivity contribution >= 4 is 5.84 Å². The molecule has 0 amide bonds. The summed E-state index contributed by atoms with van der Waals surface area (Å²) in [6.07, 6.45) is 0.606. The Labute approximate surface area is 148 Å². The van der Waals surface area contributed by atoms with E-state index in [-0.39, 0.29) is 6.23 Å². The lowest BCUT2D eigenvalue weighted by molar-refractivity contribution is -0.0157. The van der Waals surface area contributed by atoms with Crippen LogP contribution in [0.2, 0.25) is 0 Å². The largest absolute Gasteiger partial charge is 0.493 e. The smallest absolute Gasteiger partial charge is 0.160 e. The highest BCUT2D eigenvalue weighted by molar-refractivity contribution is 6.00. The summed E-state index contributed by atoms with van der Waals surface area (Å²) in [4.78, 5) is 2.02. The fraction of sp³-hybridized carbons (Fsp3) is 0.350. The van der Waals surface area contributed by atoms with Gasteiger partial charge in [-0.1, -0.05) is 30.3 Å². The molecule has 1 unspecified atom stereocenters. The van der Waals surface area contributed by atoms with Gasteiger partial charge in [0.25, 0.3) is 0 Å². The van der Waals surface area contributed by atoms with Gasteiger partial charge in [0.1, 0.15) is 5.84 Å². The number of methoxy groups -OCH3 is 2. The second-order valence-corrected chi connectivity index (χ2v) is 5.88. The zero-order valence-corrected chi connectivity index (χ0v) is 14.9. The molecule has 5 heteroatoms. The first kappa shape index (κ1) is 17.3. The standard InChI is InChI=1S/C20H24N2O3/c1-4-25-20-16-8-6-5-7-15(16)19(21)22(20)12-11-14-9-10-17(23-2)18(13-14)24-3/h5-10,13,20-21H,4,11-12H2,1-3H3. The van der Waals surface area contributed by atoms with Crippen LogP contribution < -0.4 is 9.47 Å². The molecule has 25 heavy (non-hydrogen) atoms. The quantitative estimate of drug-likeness (QED) is 0.836. The van der Waals surface area contributed by atoms with E-state index in [4.69, 9.17) is 19.6 Å². The predicted molar refractivity (Wildman–Crippen MR) is 97.6 cm³/mol. The Morgan fingerprint density at radius 1 is 1.04 bits per heavy atom. The van der Waals surface area contributed by atoms with E-state index in [9.17, 15) is 0 Å². The molecule has 1 N–H and O–H groups in total. The number of rotatable bonds is 7. The second-order valence-electron chi connectivity index (χ2n) is 5.88. The Balaban J connectivity index is 1.77. The van der Waals surface area contributed by atoms with Crippen molar-refractivity contribution in [2.24, 2.45) is 0 Å². The molecule has 0 aromatic heterocycles. The maximum Gasteiger partial charge on any atom is 0.160 e. The van der Waals surface area contributed by atoms with Gasteiger partial charge in [-0.25, -0.2) is 0 Å². The molecule has 0 aliphatic carbocycles. The highest BCUT2D eigenvalue weighted by Crippen LogP contribution is 2.34. The van der Waals surface area contributed by atoms with Crippen LogP contribution in [0.3, 0.4) is 0 Å². The summed E-state index contributed by atoms with van der Waals surface area (Å²) in [5.74, 6) is 1.97. The number of nitrogens with one attached hydrogen (secondary N) is 1. The summed E-state index contributed by atoms with van der Waals surface area (Å²) in [5, 5.41) is 8.51. The van der Waals surface area contributed by atoms with Crippen LogP contribution in [0, 0.1) is 5.41 Å². The number of hydrogen-bond donors (Lipinski definition) is 1. The molecule has 5 nitrogen and oxygen atoms in total. The average Bonchev–Trinajstić information content (AvgIpc) is 2.92. The van der Waals surface area contributed by atoms with Crippen LogP contribution in [0.5, 0.6) is 11.5 Å². The molecule has 1 aliphatic rings. The van der Waals surface area contributed by atoms with Crippen molar-refractivity contribution in [3.63, 3.8) is 0 Å². The lowest BCUT2D eigenvalue weighted by Crippen LogP contribution is -2.31. The van der Waals surface area contributed by atoms with Gasteiger partial charge in [-0.3, -0.25) is 5.41 Å². The molecule has 2 aromatic rings. The number of amidine groups is 1. The van der Waals surface area contributed by atoms with Gasteiger partial charge in [-0.2, -0.15) is 0 Å². The molecular formula is C20H24N2O3. The van der Waals surface area contributed by atoms with Crippen molar-refractivity contribution in [1.82, 2.24) is 4.90 Å². The summed E-state index contributed by atoms with van der Waals surface area (Å²) in [6, 6.07) is 13.9. The Morgan fingerprint density at radius 3 is 2.52 bits per heavy atom. The Morgan fingerprint density at radius 2 is 1.80 bits per heavy atom. The summed E-state index contributed by atoms with van der Waals surface area (Å²) in [7, 11) is 3.27. The SMILES string of the molecule is CCOC1c2ccccc2C(=N)N1CCc1ccc(OC)c(OC)c1. The normalized spacial score (nSPS) is 16.0. The van der Waals surface area contributed by atoms with E-state index in [1.165, 1.54) is 0 Å². The van der Waals surface area contributed by atoms with Crippen molar-refractivity contribution in [1.29, 1.82) is 5.41 Å². The maximum absolute atomic E-state index is 8.51. The van der Waals surface area contributed by atoms with Gasteiger partial charge in [0.05, 0.1) is 14.2 Å². The number of hydrogen-bond acceptors (Lipinski definition) is 4. The first-order chi connectivity index (χ1) is 12.2. The summed E-state index contributed by atoms with van der Waals surface area (Å²) in [6.45, 7) is 3.30. The first-order valence-electron chi connectivity index (χ1n) is 8.46. The molecule has 1 aliphatic heterocycles. The highest BCUT2D eigenvalue weighted by atomic mass is 16.5. The molecule has 3 rings (SSSR count). The Bertz CT molecular complexity index is 760. The predicted octanol–water partition coefficient (Wildman–Crippen LogP) is 3.62. The number of benzene rings is 2. The maximum atomic E-state index is 8.51. The average molecular weight is 340 g/mol. The minimum Gasteiger partial charge on any atom is -0.493 e. The van der Waals surface area contributed by atoms with E-state index in [1.807, 2.05) is 54.3 Å². The van der Waals surface area contributed by atoms with Crippen LogP contribution >= 0.6 is 0 Å². The minimum atomic E-state index is -0.186. The molecule has 0 radical (unpaired) electrons. The van der Waals surface area contributed by atoms with Crippen LogP contribution in [0.15, 0.2) is 42.5 Å². The fourth-order valence-electron chi connectivity index (χ4n) is 3.22. The topological polar surface area (TPSA) is 54.8 Å². The molecule has 0 saturated carbocycles. The molecule has 2 aromatic carbocycles.